The number of amides is 3. The van der Waals surface area contributed by atoms with Gasteiger partial charge in [0.05, 0.1) is 12.2 Å². The number of ketones is 1. The summed E-state index contributed by atoms with van der Waals surface area (Å²) in [5, 5.41) is 0. The van der Waals surface area contributed by atoms with Crippen molar-refractivity contribution in [3.63, 3.8) is 0 Å². The third kappa shape index (κ3) is 5.23. The molecule has 11 nitrogen and oxygen atoms in total. The van der Waals surface area contributed by atoms with Gasteiger partial charge in [0.1, 0.15) is 5.82 Å². The fraction of sp³-hybridized carbons (Fsp3) is 0.333. The van der Waals surface area contributed by atoms with Crippen molar-refractivity contribution >= 4 is 42.9 Å². The van der Waals surface area contributed by atoms with Gasteiger partial charge in [-0.25, -0.2) is 9.18 Å². The SMILES string of the molecule is NC(=O)[C@H]1CN(c2ccc(C3=CCN(C(=O)C(=O)C[P+](O)(O)O)CC3)c(F)c2)C(=O)O1. The van der Waals surface area contributed by atoms with E-state index in [0.29, 0.717) is 5.57 Å². The Labute approximate surface area is 176 Å². The Morgan fingerprint density at radius 1 is 1.26 bits per heavy atom. The molecule has 2 heterocycles. The summed E-state index contributed by atoms with van der Waals surface area (Å²) < 4.78 is 19.5. The monoisotopic (exact) mass is 456 g/mol. The zero-order chi connectivity index (χ0) is 22.9. The average molecular weight is 456 g/mol. The summed E-state index contributed by atoms with van der Waals surface area (Å²) in [6.45, 7) is -0.0442. The third-order valence-corrected chi connectivity index (χ3v) is 5.54. The molecule has 2 aliphatic heterocycles. The molecule has 0 aromatic heterocycles. The Kier molecular flexibility index (Phi) is 6.37. The first-order valence-electron chi connectivity index (χ1n) is 9.11. The minimum atomic E-state index is -4.40. The Morgan fingerprint density at radius 3 is 2.48 bits per heavy atom. The number of cyclic esters (lactones) is 1. The highest BCUT2D eigenvalue weighted by Crippen LogP contribution is 2.44. The predicted molar refractivity (Wildman–Crippen MR) is 106 cm³/mol. The third-order valence-electron chi connectivity index (χ3n) is 4.83. The van der Waals surface area contributed by atoms with Gasteiger partial charge in [-0.05, 0) is 30.2 Å². The molecule has 5 N–H and O–H groups in total. The summed E-state index contributed by atoms with van der Waals surface area (Å²) >= 11 is 0. The lowest BCUT2D eigenvalue weighted by atomic mass is 9.98. The maximum absolute atomic E-state index is 14.7. The number of hydrogen-bond acceptors (Lipinski definition) is 8. The van der Waals surface area contributed by atoms with Gasteiger partial charge >= 0.3 is 14.0 Å². The molecule has 1 atom stereocenters. The predicted octanol–water partition coefficient (Wildman–Crippen LogP) is -0.440. The number of carbonyl (C=O) groups excluding carboxylic acids is 4. The number of primary amides is 1. The molecule has 1 aromatic rings. The minimum absolute atomic E-state index is 0.00638. The molecule has 0 bridgehead atoms. The van der Waals surface area contributed by atoms with Gasteiger partial charge in [0, 0.05) is 18.7 Å². The zero-order valence-corrected chi connectivity index (χ0v) is 17.0. The average Bonchev–Trinajstić information content (AvgIpc) is 3.08. The lowest BCUT2D eigenvalue weighted by Gasteiger charge is -2.26. The van der Waals surface area contributed by atoms with Crippen LogP contribution in [-0.2, 0) is 19.1 Å². The van der Waals surface area contributed by atoms with Crippen molar-refractivity contribution in [1.82, 2.24) is 4.90 Å². The number of halogens is 1. The van der Waals surface area contributed by atoms with Gasteiger partial charge in [-0.3, -0.25) is 19.3 Å². The molecule has 0 saturated carbocycles. The Bertz CT molecular complexity index is 977. The molecule has 0 spiro atoms. The van der Waals surface area contributed by atoms with Crippen molar-refractivity contribution in [3.8, 4) is 0 Å². The summed E-state index contributed by atoms with van der Waals surface area (Å²) in [4.78, 5) is 75.9. The number of benzene rings is 1. The number of ether oxygens (including phenoxy) is 1. The maximum Gasteiger partial charge on any atom is 0.415 e. The van der Waals surface area contributed by atoms with Gasteiger partial charge < -0.3 is 15.4 Å². The van der Waals surface area contributed by atoms with E-state index in [0.717, 1.165) is 15.9 Å². The fourth-order valence-electron chi connectivity index (χ4n) is 3.29. The Morgan fingerprint density at radius 2 is 1.97 bits per heavy atom. The molecule has 2 aliphatic rings. The first kappa shape index (κ1) is 22.8. The molecule has 0 radical (unpaired) electrons. The number of Topliss-reactive ketones (excluding diaryl/α,β-unsaturated/α-hetero) is 1. The second-order valence-electron chi connectivity index (χ2n) is 7.05. The number of anilines is 1. The first-order chi connectivity index (χ1) is 14.5. The normalized spacial score (nSPS) is 19.2. The van der Waals surface area contributed by atoms with E-state index in [2.05, 4.69) is 0 Å². The van der Waals surface area contributed by atoms with Gasteiger partial charge in [0.25, 0.3) is 17.6 Å². The van der Waals surface area contributed by atoms with Crippen LogP contribution in [0.2, 0.25) is 0 Å². The summed E-state index contributed by atoms with van der Waals surface area (Å²) in [6, 6.07) is 4.05. The summed E-state index contributed by atoms with van der Waals surface area (Å²) in [5.74, 6) is -3.53. The number of carbonyl (C=O) groups is 4. The van der Waals surface area contributed by atoms with Crippen LogP contribution in [0.1, 0.15) is 12.0 Å². The van der Waals surface area contributed by atoms with E-state index in [1.807, 2.05) is 0 Å². The highest BCUT2D eigenvalue weighted by Gasteiger charge is 2.39. The van der Waals surface area contributed by atoms with Gasteiger partial charge in [0.15, 0.2) is 6.10 Å². The molecule has 0 unspecified atom stereocenters. The van der Waals surface area contributed by atoms with Crippen LogP contribution < -0.4 is 10.6 Å². The van der Waals surface area contributed by atoms with E-state index < -0.39 is 49.7 Å². The Balaban J connectivity index is 1.69. The molecule has 1 aromatic carbocycles. The van der Waals surface area contributed by atoms with Crippen LogP contribution in [0.4, 0.5) is 14.9 Å². The molecule has 3 rings (SSSR count). The number of nitrogens with zero attached hydrogens (tertiary/aromatic N) is 2. The molecule has 13 heteroatoms. The van der Waals surface area contributed by atoms with Crippen molar-refractivity contribution in [3.05, 3.63) is 35.7 Å². The number of rotatable bonds is 6. The molecular formula is C18H20FN3O8P+. The molecule has 0 aliphatic carbocycles. The summed E-state index contributed by atoms with van der Waals surface area (Å²) in [5.41, 5.74) is 6.14. The summed E-state index contributed by atoms with van der Waals surface area (Å²) in [6.07, 6.45) is -1.20. The fourth-order valence-corrected chi connectivity index (χ4v) is 3.81. The van der Waals surface area contributed by atoms with Gasteiger partial charge in [-0.2, -0.15) is 14.7 Å². The topological polar surface area (TPSA) is 171 Å². The van der Waals surface area contributed by atoms with Crippen molar-refractivity contribution < 1.29 is 43.0 Å². The highest BCUT2D eigenvalue weighted by atomic mass is 31.2. The highest BCUT2D eigenvalue weighted by molar-refractivity contribution is 7.59. The van der Waals surface area contributed by atoms with Crippen LogP contribution in [-0.4, -0.2) is 75.2 Å². The molecule has 1 saturated heterocycles. The first-order valence-corrected chi connectivity index (χ1v) is 10.9. The van der Waals surface area contributed by atoms with Crippen molar-refractivity contribution in [2.24, 2.45) is 5.73 Å². The van der Waals surface area contributed by atoms with Crippen LogP contribution >= 0.6 is 7.94 Å². The van der Waals surface area contributed by atoms with E-state index in [4.69, 9.17) is 25.2 Å². The quantitative estimate of drug-likeness (QED) is 0.330. The van der Waals surface area contributed by atoms with Gasteiger partial charge in [0.2, 0.25) is 6.16 Å². The maximum atomic E-state index is 14.7. The van der Waals surface area contributed by atoms with E-state index >= 15 is 0 Å². The van der Waals surface area contributed by atoms with Gasteiger partial charge in [-0.1, -0.05) is 6.08 Å². The smallest absolute Gasteiger partial charge is 0.415 e. The van der Waals surface area contributed by atoms with Crippen molar-refractivity contribution in [1.29, 1.82) is 0 Å². The van der Waals surface area contributed by atoms with Crippen LogP contribution in [0.15, 0.2) is 24.3 Å². The molecule has 1 fully saturated rings. The van der Waals surface area contributed by atoms with Crippen molar-refractivity contribution in [2.45, 2.75) is 12.5 Å². The van der Waals surface area contributed by atoms with Crippen LogP contribution in [0.5, 0.6) is 0 Å². The van der Waals surface area contributed by atoms with Crippen LogP contribution in [0, 0.1) is 5.82 Å². The second-order valence-corrected chi connectivity index (χ2v) is 8.76. The lowest BCUT2D eigenvalue weighted by molar-refractivity contribution is -0.143. The second kappa shape index (κ2) is 8.67. The van der Waals surface area contributed by atoms with E-state index in [1.54, 1.807) is 6.08 Å². The van der Waals surface area contributed by atoms with E-state index in [-0.39, 0.29) is 37.3 Å². The Hall–Kier alpha value is -2.92. The minimum Gasteiger partial charge on any atom is -0.434 e. The number of hydrogen-bond donors (Lipinski definition) is 4. The molecular weight excluding hydrogens is 436 g/mol. The van der Waals surface area contributed by atoms with Gasteiger partial charge in [-0.15, -0.1) is 0 Å². The van der Waals surface area contributed by atoms with E-state index in [1.165, 1.54) is 12.1 Å². The number of nitrogens with two attached hydrogens (primary N) is 1. The van der Waals surface area contributed by atoms with Crippen LogP contribution in [0.3, 0.4) is 0 Å². The van der Waals surface area contributed by atoms with E-state index in [9.17, 15) is 23.6 Å². The molecule has 31 heavy (non-hydrogen) atoms. The largest absolute Gasteiger partial charge is 0.434 e. The van der Waals surface area contributed by atoms with Crippen molar-refractivity contribution in [2.75, 3.05) is 30.7 Å². The zero-order valence-electron chi connectivity index (χ0n) is 16.1. The molecule has 166 valence electrons. The molecule has 3 amide bonds. The summed E-state index contributed by atoms with van der Waals surface area (Å²) in [7, 11) is -4.40. The van der Waals surface area contributed by atoms with Crippen LogP contribution in [0.25, 0.3) is 5.57 Å². The standard InChI is InChI=1S/C18H19FN3O8P/c19-13-7-11(22-8-15(16(20)24)30-18(22)26)1-2-12(13)10-3-5-21(6-4-10)17(25)14(23)9-31(27,28)29/h1-3,7,15,27-29H,4-6,8-9H2,(H-,20,24)/p+1/t15-/m1/s1. The lowest BCUT2D eigenvalue weighted by Crippen LogP contribution is -2.40.